The Hall–Kier alpha value is -2.82. The number of rotatable bonds is 5. The highest BCUT2D eigenvalue weighted by Crippen LogP contribution is 2.27. The van der Waals surface area contributed by atoms with Crippen molar-refractivity contribution in [1.82, 2.24) is 4.31 Å². The van der Waals surface area contributed by atoms with Crippen molar-refractivity contribution in [3.63, 3.8) is 0 Å². The summed E-state index contributed by atoms with van der Waals surface area (Å²) in [7, 11) is -4.06. The van der Waals surface area contributed by atoms with Crippen LogP contribution in [0.5, 0.6) is 0 Å². The molecule has 10 heteroatoms. The predicted molar refractivity (Wildman–Crippen MR) is 112 cm³/mol. The van der Waals surface area contributed by atoms with Gasteiger partial charge in [0.25, 0.3) is 0 Å². The fourth-order valence-electron chi connectivity index (χ4n) is 3.69. The quantitative estimate of drug-likeness (QED) is 0.755. The third-order valence-electron chi connectivity index (χ3n) is 5.35. The van der Waals surface area contributed by atoms with Crippen LogP contribution in [0.3, 0.4) is 0 Å². The van der Waals surface area contributed by atoms with Crippen molar-refractivity contribution in [3.8, 4) is 0 Å². The zero-order chi connectivity index (χ0) is 22.0. The van der Waals surface area contributed by atoms with E-state index in [1.165, 1.54) is 6.07 Å². The van der Waals surface area contributed by atoms with Gasteiger partial charge in [0.15, 0.2) is 0 Å². The summed E-state index contributed by atoms with van der Waals surface area (Å²) in [4.78, 5) is 26.1. The molecule has 2 heterocycles. The van der Waals surface area contributed by atoms with Gasteiger partial charge in [-0.15, -0.1) is 0 Å². The van der Waals surface area contributed by atoms with E-state index in [2.05, 4.69) is 5.32 Å². The van der Waals surface area contributed by atoms with E-state index in [1.807, 2.05) is 18.2 Å². The minimum Gasteiger partial charge on any atom is -0.379 e. The van der Waals surface area contributed by atoms with Crippen LogP contribution >= 0.6 is 0 Å². The Balaban J connectivity index is 1.49. The molecular weight excluding hydrogens is 425 g/mol. The maximum atomic E-state index is 14.3. The summed E-state index contributed by atoms with van der Waals surface area (Å²) < 4.78 is 46.3. The second-order valence-electron chi connectivity index (χ2n) is 7.39. The summed E-state index contributed by atoms with van der Waals surface area (Å²) in [6.07, 6.45) is 0.0425. The molecule has 1 atom stereocenters. The van der Waals surface area contributed by atoms with E-state index < -0.39 is 32.6 Å². The zero-order valence-corrected chi connectivity index (χ0v) is 17.5. The number of nitrogens with one attached hydrogen (secondary N) is 1. The monoisotopic (exact) mass is 447 g/mol. The van der Waals surface area contributed by atoms with Crippen molar-refractivity contribution in [1.29, 1.82) is 0 Å². The lowest BCUT2D eigenvalue weighted by atomic mass is 10.1. The minimum absolute atomic E-state index is 0.0425. The standard InChI is InChI=1S/C21H22FN3O5S/c22-18-7-6-16(13-19(18)31(28,29)24-8-10-30-11-9-24)23-21(27)15-12-20(26)25(14-15)17-4-2-1-3-5-17/h1-7,13,15H,8-12,14H2,(H,23,27). The minimum atomic E-state index is -4.06. The summed E-state index contributed by atoms with van der Waals surface area (Å²) in [5, 5.41) is 2.63. The average molecular weight is 447 g/mol. The third kappa shape index (κ3) is 4.46. The first-order chi connectivity index (χ1) is 14.9. The number of benzene rings is 2. The van der Waals surface area contributed by atoms with Crippen LogP contribution in [0.15, 0.2) is 53.4 Å². The number of sulfonamides is 1. The van der Waals surface area contributed by atoms with Crippen LogP contribution < -0.4 is 10.2 Å². The summed E-state index contributed by atoms with van der Waals surface area (Å²) >= 11 is 0. The highest BCUT2D eigenvalue weighted by molar-refractivity contribution is 7.89. The number of anilines is 2. The first-order valence-electron chi connectivity index (χ1n) is 9.90. The van der Waals surface area contributed by atoms with Gasteiger partial charge in [0.05, 0.1) is 19.1 Å². The van der Waals surface area contributed by atoms with Gasteiger partial charge in [0.1, 0.15) is 10.7 Å². The van der Waals surface area contributed by atoms with Crippen LogP contribution in [0.1, 0.15) is 6.42 Å². The molecule has 164 valence electrons. The molecule has 0 saturated carbocycles. The third-order valence-corrected chi connectivity index (χ3v) is 7.26. The van der Waals surface area contributed by atoms with Crippen LogP contribution in [-0.2, 0) is 24.3 Å². The molecule has 2 amide bonds. The summed E-state index contributed by atoms with van der Waals surface area (Å²) in [6.45, 7) is 0.973. The first kappa shape index (κ1) is 21.4. The molecule has 31 heavy (non-hydrogen) atoms. The van der Waals surface area contributed by atoms with Crippen molar-refractivity contribution in [2.75, 3.05) is 43.1 Å². The Labute approximate surface area is 179 Å². The van der Waals surface area contributed by atoms with E-state index in [0.29, 0.717) is 5.69 Å². The highest BCUT2D eigenvalue weighted by atomic mass is 32.2. The number of carbonyl (C=O) groups excluding carboxylic acids is 2. The number of ether oxygens (including phenoxy) is 1. The summed E-state index contributed by atoms with van der Waals surface area (Å²) in [6, 6.07) is 12.5. The molecule has 4 rings (SSSR count). The van der Waals surface area contributed by atoms with Gasteiger partial charge in [-0.1, -0.05) is 18.2 Å². The molecule has 0 spiro atoms. The lowest BCUT2D eigenvalue weighted by Gasteiger charge is -2.26. The van der Waals surface area contributed by atoms with Crippen LogP contribution in [0.4, 0.5) is 15.8 Å². The SMILES string of the molecule is O=C(Nc1ccc(F)c(S(=O)(=O)N2CCOCC2)c1)C1CC(=O)N(c2ccccc2)C1. The fraction of sp³-hybridized carbons (Fsp3) is 0.333. The van der Waals surface area contributed by atoms with E-state index >= 15 is 0 Å². The fourth-order valence-corrected chi connectivity index (χ4v) is 5.19. The molecule has 8 nitrogen and oxygen atoms in total. The number of nitrogens with zero attached hydrogens (tertiary/aromatic N) is 2. The Morgan fingerprint density at radius 3 is 2.52 bits per heavy atom. The summed E-state index contributed by atoms with van der Waals surface area (Å²) in [5.74, 6) is -2.08. The van der Waals surface area contributed by atoms with Gasteiger partial charge in [-0.05, 0) is 30.3 Å². The number of hydrogen-bond acceptors (Lipinski definition) is 5. The molecule has 2 fully saturated rings. The Bertz CT molecular complexity index is 1090. The van der Waals surface area contributed by atoms with Gasteiger partial charge in [-0.25, -0.2) is 12.8 Å². The number of morpholine rings is 1. The molecule has 1 N–H and O–H groups in total. The van der Waals surface area contributed by atoms with Crippen LogP contribution in [0.2, 0.25) is 0 Å². The smallest absolute Gasteiger partial charge is 0.246 e. The highest BCUT2D eigenvalue weighted by Gasteiger charge is 2.35. The second kappa shape index (κ2) is 8.74. The Kier molecular flexibility index (Phi) is 6.03. The molecule has 0 bridgehead atoms. The number of halogens is 1. The van der Waals surface area contributed by atoms with Gasteiger partial charge in [0, 0.05) is 37.4 Å². The molecule has 2 aromatic rings. The van der Waals surface area contributed by atoms with Gasteiger partial charge >= 0.3 is 0 Å². The van der Waals surface area contributed by atoms with E-state index in [1.54, 1.807) is 17.0 Å². The molecule has 2 saturated heterocycles. The topological polar surface area (TPSA) is 96.0 Å². The van der Waals surface area contributed by atoms with Crippen LogP contribution in [0, 0.1) is 11.7 Å². The van der Waals surface area contributed by atoms with Crippen molar-refractivity contribution < 1.29 is 27.1 Å². The van der Waals surface area contributed by atoms with E-state index in [9.17, 15) is 22.4 Å². The second-order valence-corrected chi connectivity index (χ2v) is 9.30. The van der Waals surface area contributed by atoms with Crippen molar-refractivity contribution >= 4 is 33.2 Å². The van der Waals surface area contributed by atoms with Gasteiger partial charge in [-0.2, -0.15) is 4.31 Å². The van der Waals surface area contributed by atoms with Gasteiger partial charge in [0.2, 0.25) is 21.8 Å². The van der Waals surface area contributed by atoms with E-state index in [0.717, 1.165) is 16.4 Å². The largest absolute Gasteiger partial charge is 0.379 e. The van der Waals surface area contributed by atoms with Gasteiger partial charge in [-0.3, -0.25) is 9.59 Å². The number of hydrogen-bond donors (Lipinski definition) is 1. The number of amides is 2. The lowest BCUT2D eigenvalue weighted by Crippen LogP contribution is -2.40. The van der Waals surface area contributed by atoms with Crippen molar-refractivity contribution in [3.05, 3.63) is 54.3 Å². The number of para-hydroxylation sites is 1. The Morgan fingerprint density at radius 1 is 1.10 bits per heavy atom. The molecular formula is C21H22FN3O5S. The molecule has 0 aliphatic carbocycles. The molecule has 2 aromatic carbocycles. The zero-order valence-electron chi connectivity index (χ0n) is 16.7. The Morgan fingerprint density at radius 2 is 1.81 bits per heavy atom. The summed E-state index contributed by atoms with van der Waals surface area (Å²) in [5.41, 5.74) is 0.868. The number of carbonyl (C=O) groups is 2. The van der Waals surface area contributed by atoms with Crippen molar-refractivity contribution in [2.24, 2.45) is 5.92 Å². The van der Waals surface area contributed by atoms with E-state index in [4.69, 9.17) is 4.74 Å². The normalized spacial score (nSPS) is 20.1. The first-order valence-corrected chi connectivity index (χ1v) is 11.3. The van der Waals surface area contributed by atoms with Crippen LogP contribution in [0.25, 0.3) is 0 Å². The maximum absolute atomic E-state index is 14.3. The van der Waals surface area contributed by atoms with Crippen molar-refractivity contribution in [2.45, 2.75) is 11.3 Å². The van der Waals surface area contributed by atoms with Crippen LogP contribution in [-0.4, -0.2) is 57.4 Å². The average Bonchev–Trinajstić information content (AvgIpc) is 3.18. The molecule has 2 aliphatic rings. The molecule has 1 unspecified atom stereocenters. The van der Waals surface area contributed by atoms with E-state index in [-0.39, 0.29) is 50.9 Å². The van der Waals surface area contributed by atoms with Gasteiger partial charge < -0.3 is 15.0 Å². The lowest BCUT2D eigenvalue weighted by molar-refractivity contribution is -0.122. The molecule has 0 aromatic heterocycles. The maximum Gasteiger partial charge on any atom is 0.246 e. The molecule has 0 radical (unpaired) electrons. The predicted octanol–water partition coefficient (Wildman–Crippen LogP) is 1.84. The molecule has 2 aliphatic heterocycles.